The van der Waals surface area contributed by atoms with E-state index in [1.165, 1.54) is 57.0 Å². The summed E-state index contributed by atoms with van der Waals surface area (Å²) in [6, 6.07) is 24.1. The second-order valence-electron chi connectivity index (χ2n) is 27.1. The molecule has 2 unspecified atom stereocenters. The van der Waals surface area contributed by atoms with Gasteiger partial charge in [0.15, 0.2) is 34.7 Å². The van der Waals surface area contributed by atoms with E-state index in [1.54, 1.807) is 47.4 Å². The molecular weight excluding hydrogens is 1290 g/mol. The molecule has 4 heterocycles. The number of hydrogen-bond donors (Lipinski definition) is 0. The number of piperidine rings is 2. The van der Waals surface area contributed by atoms with E-state index in [0.717, 1.165) is 85.8 Å². The Morgan fingerprint density at radius 3 is 1.39 bits per heavy atom. The number of rotatable bonds is 22. The smallest absolute Gasteiger partial charge is 0.410 e. The molecule has 3 amide bonds. The second kappa shape index (κ2) is 34.5. The maximum Gasteiger partial charge on any atom is 0.410 e. The number of fused-ring (bicyclic) bond motifs is 2. The molecule has 0 radical (unpaired) electrons. The molecule has 6 aromatic carbocycles. The zero-order valence-corrected chi connectivity index (χ0v) is 57.8. The first-order chi connectivity index (χ1) is 47.3. The first-order valence-corrected chi connectivity index (χ1v) is 34.0. The van der Waals surface area contributed by atoms with Crippen LogP contribution in [0, 0.1) is 52.7 Å². The van der Waals surface area contributed by atoms with Gasteiger partial charge >= 0.3 is 12.1 Å². The van der Waals surface area contributed by atoms with Gasteiger partial charge < -0.3 is 57.5 Å². The summed E-state index contributed by atoms with van der Waals surface area (Å²) in [5.41, 5.74) is 3.20. The van der Waals surface area contributed by atoms with E-state index in [9.17, 15) is 45.5 Å². The van der Waals surface area contributed by atoms with Crippen molar-refractivity contribution in [1.29, 1.82) is 0 Å². The Bertz CT molecular complexity index is 3790. The van der Waals surface area contributed by atoms with E-state index in [1.807, 2.05) is 49.6 Å². The third kappa shape index (κ3) is 21.0. The summed E-state index contributed by atoms with van der Waals surface area (Å²) >= 11 is 0. The third-order valence-corrected chi connectivity index (χ3v) is 17.9. The number of halogens is 6. The maximum atomic E-state index is 14.1. The van der Waals surface area contributed by atoms with Crippen molar-refractivity contribution in [3.63, 3.8) is 0 Å². The summed E-state index contributed by atoms with van der Waals surface area (Å²) < 4.78 is 126. The van der Waals surface area contributed by atoms with Crippen LogP contribution in [-0.4, -0.2) is 146 Å². The highest BCUT2D eigenvalue weighted by molar-refractivity contribution is 5.98. The number of amides is 3. The summed E-state index contributed by atoms with van der Waals surface area (Å²) in [6.07, 6.45) is 10.7. The van der Waals surface area contributed by atoms with Gasteiger partial charge in [-0.05, 0) is 192 Å². The van der Waals surface area contributed by atoms with Crippen LogP contribution < -0.4 is 14.2 Å². The predicted molar refractivity (Wildman–Crippen MR) is 362 cm³/mol. The van der Waals surface area contributed by atoms with Crippen molar-refractivity contribution < 1.29 is 83.4 Å². The number of methoxy groups -OCH3 is 1. The van der Waals surface area contributed by atoms with Crippen LogP contribution in [0.1, 0.15) is 142 Å². The minimum absolute atomic E-state index is 0.00252. The number of carbonyl (C=O) groups is 4. The molecule has 22 heteroatoms. The van der Waals surface area contributed by atoms with Crippen molar-refractivity contribution in [2.75, 3.05) is 72.7 Å². The molecule has 11 rings (SSSR count). The summed E-state index contributed by atoms with van der Waals surface area (Å²) in [5, 5.41) is 0. The highest BCUT2D eigenvalue weighted by Gasteiger charge is 2.37. The lowest BCUT2D eigenvalue weighted by Gasteiger charge is -2.39. The Kier molecular flexibility index (Phi) is 26.0. The lowest BCUT2D eigenvalue weighted by molar-refractivity contribution is -0.0338. The summed E-state index contributed by atoms with van der Waals surface area (Å²) in [5.74, 6) is -3.36. The summed E-state index contributed by atoms with van der Waals surface area (Å²) in [6.45, 7) is 23.0. The van der Waals surface area contributed by atoms with E-state index in [0.29, 0.717) is 93.5 Å². The average Bonchev–Trinajstić information content (AvgIpc) is 1.09. The number of likely N-dealkylation sites (tertiary alicyclic amines) is 2. The monoisotopic (exact) mass is 1380 g/mol. The van der Waals surface area contributed by atoms with Gasteiger partial charge in [-0.15, -0.1) is 0 Å². The molecule has 16 nitrogen and oxygen atoms in total. The molecule has 4 aliphatic heterocycles. The largest absolute Gasteiger partial charge is 0.501 e. The topological polar surface area (TPSA) is 155 Å². The summed E-state index contributed by atoms with van der Waals surface area (Å²) in [4.78, 5) is 59.5. The Labute approximate surface area is 576 Å². The van der Waals surface area contributed by atoms with Crippen molar-refractivity contribution in [2.45, 2.75) is 137 Å². The molecule has 3 fully saturated rings. The van der Waals surface area contributed by atoms with E-state index in [2.05, 4.69) is 32.6 Å². The highest BCUT2D eigenvalue weighted by Crippen LogP contribution is 2.36. The van der Waals surface area contributed by atoms with Gasteiger partial charge in [0.2, 0.25) is 0 Å². The van der Waals surface area contributed by atoms with Gasteiger partial charge in [-0.2, -0.15) is 0 Å². The maximum absolute atomic E-state index is 14.1. The predicted octanol–water partition coefficient (Wildman–Crippen LogP) is 16.4. The van der Waals surface area contributed by atoms with Crippen LogP contribution in [0.15, 0.2) is 115 Å². The van der Waals surface area contributed by atoms with Crippen LogP contribution in [0.2, 0.25) is 0 Å². The molecule has 0 N–H and O–H groups in total. The Morgan fingerprint density at radius 2 is 0.990 bits per heavy atom. The SMILES string of the molecule is CC(C)C(COC1CCN(C(=O)OC(C)(C)C)CC1)N1CCc2ccc(Oc3ccc(F)cc3F)cc2C1=O.CC(C)C(COC1CCN(CC2CC2)CC1)N1CCc2ccc(Oc3ccc(F)cc3F)cc2C1=O.CCO/C=C/c1ccc(Oc2ccc(F)cc2F)cc1C(=O)OC. The zero-order chi connectivity index (χ0) is 71.1. The normalized spacial score (nSPS) is 16.7. The van der Waals surface area contributed by atoms with Gasteiger partial charge in [-0.1, -0.05) is 45.9 Å². The van der Waals surface area contributed by atoms with E-state index >= 15 is 0 Å². The minimum Gasteiger partial charge on any atom is -0.501 e. The van der Waals surface area contributed by atoms with Crippen LogP contribution in [0.3, 0.4) is 0 Å². The molecule has 5 aliphatic rings. The quantitative estimate of drug-likeness (QED) is 0.0360. The molecule has 0 aromatic heterocycles. The van der Waals surface area contributed by atoms with E-state index in [4.69, 9.17) is 37.9 Å². The van der Waals surface area contributed by atoms with Gasteiger partial charge in [-0.3, -0.25) is 9.59 Å². The molecule has 99 heavy (non-hydrogen) atoms. The van der Waals surface area contributed by atoms with Crippen molar-refractivity contribution in [3.05, 3.63) is 184 Å². The molecule has 2 saturated heterocycles. The van der Waals surface area contributed by atoms with Gasteiger partial charge in [0.05, 0.1) is 63.0 Å². The van der Waals surface area contributed by atoms with Crippen LogP contribution >= 0.6 is 0 Å². The fourth-order valence-electron chi connectivity index (χ4n) is 12.2. The molecule has 0 spiro atoms. The standard InChI is InChI=1S/C30H38F2N2O5.C29H36F2N2O3.C18H16F2O4/c1-19(2)26(18-37-22-11-13-33(14-12-22)29(36)39-30(3,4)5)34-15-10-20-6-8-23(17-24(20)28(34)35)38-27-9-7-21(31)16-25(27)32;1-19(2)27(18-35-23-10-12-32(13-11-23)17-20-3-4-20)33-14-9-21-5-7-24(16-25(21)29(33)34)36-28-8-6-22(30)15-26(28)31;1-3-23-9-8-12-4-6-14(11-15(12)18(21)22-2)24-17-7-5-13(19)10-16(17)20/h6-9,16-17,19,22,26H,10-15,18H2,1-5H3;5-8,15-16,19-20,23,27H,3-4,9-14,17-18H2,1-2H3;4-11H,3H2,1-2H3/b;;9-8+. The fourth-order valence-corrected chi connectivity index (χ4v) is 12.2. The Hall–Kier alpha value is -8.60. The van der Waals surface area contributed by atoms with Gasteiger partial charge in [-0.25, -0.2) is 35.9 Å². The van der Waals surface area contributed by atoms with Crippen LogP contribution in [-0.2, 0) is 36.5 Å². The number of benzene rings is 6. The Morgan fingerprint density at radius 1 is 0.556 bits per heavy atom. The first-order valence-electron chi connectivity index (χ1n) is 34.0. The average molecular weight is 1380 g/mol. The molecule has 6 aromatic rings. The number of nitrogens with zero attached hydrogens (tertiary/aromatic N) is 4. The molecule has 532 valence electrons. The number of hydrogen-bond acceptors (Lipinski definition) is 13. The van der Waals surface area contributed by atoms with Crippen molar-refractivity contribution >= 4 is 30.0 Å². The first kappa shape index (κ1) is 74.6. The number of esters is 1. The van der Waals surface area contributed by atoms with Gasteiger partial charge in [0.1, 0.15) is 40.3 Å². The van der Waals surface area contributed by atoms with Gasteiger partial charge in [0, 0.05) is 75.1 Å². The number of ether oxygens (including phenoxy) is 8. The van der Waals surface area contributed by atoms with Crippen molar-refractivity contribution in [2.24, 2.45) is 17.8 Å². The Balaban J connectivity index is 0.000000179. The van der Waals surface area contributed by atoms with E-state index in [-0.39, 0.29) is 82.6 Å². The molecule has 0 bridgehead atoms. The second-order valence-corrected chi connectivity index (χ2v) is 27.1. The molecule has 1 aliphatic carbocycles. The lowest BCUT2D eigenvalue weighted by Crippen LogP contribution is -2.50. The zero-order valence-electron chi connectivity index (χ0n) is 57.8. The van der Waals surface area contributed by atoms with Gasteiger partial charge in [0.25, 0.3) is 11.8 Å². The summed E-state index contributed by atoms with van der Waals surface area (Å²) in [7, 11) is 1.26. The molecule has 1 saturated carbocycles. The molecule has 2 atom stereocenters. The van der Waals surface area contributed by atoms with Crippen LogP contribution in [0.25, 0.3) is 6.08 Å². The highest BCUT2D eigenvalue weighted by atomic mass is 19.2. The fraction of sp³-hybridized carbons (Fsp3) is 0.455. The lowest BCUT2D eigenvalue weighted by atomic mass is 9.94. The third-order valence-electron chi connectivity index (χ3n) is 17.9. The van der Waals surface area contributed by atoms with Crippen LogP contribution in [0.4, 0.5) is 31.1 Å². The van der Waals surface area contributed by atoms with E-state index < -0.39 is 46.5 Å². The molecular formula is C77H90F6N4O12. The van der Waals surface area contributed by atoms with Crippen molar-refractivity contribution in [3.8, 4) is 34.5 Å². The number of carbonyl (C=O) groups excluding carboxylic acids is 4. The van der Waals surface area contributed by atoms with Crippen LogP contribution in [0.5, 0.6) is 34.5 Å². The van der Waals surface area contributed by atoms with Crippen molar-refractivity contribution in [1.82, 2.24) is 19.6 Å². The minimum atomic E-state index is -0.838.